The molecule has 0 N–H and O–H groups in total. The molecule has 0 fully saturated rings. The first-order valence-corrected chi connectivity index (χ1v) is 19.6. The highest BCUT2D eigenvalue weighted by Crippen LogP contribution is 2.44. The van der Waals surface area contributed by atoms with E-state index in [0.717, 1.165) is 17.1 Å². The maximum atomic E-state index is 2.43. The van der Waals surface area contributed by atoms with Crippen LogP contribution in [0.15, 0.2) is 206 Å². The number of hydrogen-bond acceptors (Lipinski definition) is 2. The average Bonchev–Trinajstić information content (AvgIpc) is 3.64. The van der Waals surface area contributed by atoms with Crippen molar-refractivity contribution in [2.45, 2.75) is 6.92 Å². The topological polar surface area (TPSA) is 3.24 Å². The van der Waals surface area contributed by atoms with E-state index >= 15 is 0 Å². The first-order valence-electron chi connectivity index (χ1n) is 18.8. The van der Waals surface area contributed by atoms with Gasteiger partial charge in [-0.2, -0.15) is 0 Å². The molecule has 0 aliphatic heterocycles. The smallest absolute Gasteiger partial charge is 0.0476 e. The SMILES string of the molecule is Cc1cccc2sc3cc(N(c4ccc(-c5cc6ccccc6cc5-c5ccccc5)cc4)c4cc(-c5ccccc5)cc(-c5ccccc5)c4)ccc3c12. The molecule has 1 heterocycles. The Morgan fingerprint density at radius 3 is 1.47 bits per heavy atom. The van der Waals surface area contributed by atoms with Gasteiger partial charge in [-0.05, 0) is 128 Å². The summed E-state index contributed by atoms with van der Waals surface area (Å²) in [6.07, 6.45) is 0. The third kappa shape index (κ3) is 6.17. The summed E-state index contributed by atoms with van der Waals surface area (Å²) in [6, 6.07) is 75.3. The third-order valence-corrected chi connectivity index (χ3v) is 11.9. The summed E-state index contributed by atoms with van der Waals surface area (Å²) in [5.41, 5.74) is 14.3. The summed E-state index contributed by atoms with van der Waals surface area (Å²) in [6.45, 7) is 2.22. The molecule has 0 saturated carbocycles. The Kier molecular flexibility index (Phi) is 8.32. The molecule has 10 rings (SSSR count). The van der Waals surface area contributed by atoms with Crippen LogP contribution in [0.25, 0.3) is 75.5 Å². The zero-order valence-corrected chi connectivity index (χ0v) is 31.3. The standard InChI is InChI=1S/C53H37NS/c1-36-14-13-23-51-53(36)48-29-28-46(35-52(48)55-51)54(47-31-43(37-15-5-2-6-16-37)30-44(32-47)38-17-7-3-8-18-38)45-26-24-40(25-27-45)50-34-42-22-12-11-21-41(42)33-49(50)39-19-9-4-10-20-39/h2-35H,1H3. The van der Waals surface area contributed by atoms with Gasteiger partial charge in [0.25, 0.3) is 0 Å². The number of hydrogen-bond donors (Lipinski definition) is 0. The molecule has 2 heteroatoms. The number of aryl methyl sites for hydroxylation is 1. The molecule has 0 aliphatic rings. The van der Waals surface area contributed by atoms with Crippen LogP contribution in [0.2, 0.25) is 0 Å². The molecule has 0 amide bonds. The van der Waals surface area contributed by atoms with E-state index in [1.54, 1.807) is 0 Å². The molecule has 55 heavy (non-hydrogen) atoms. The van der Waals surface area contributed by atoms with E-state index < -0.39 is 0 Å². The lowest BCUT2D eigenvalue weighted by molar-refractivity contribution is 1.29. The van der Waals surface area contributed by atoms with E-state index in [0.29, 0.717) is 0 Å². The molecule has 0 spiro atoms. The van der Waals surface area contributed by atoms with Crippen LogP contribution in [0, 0.1) is 6.92 Å². The summed E-state index contributed by atoms with van der Waals surface area (Å²) in [5, 5.41) is 5.14. The Morgan fingerprint density at radius 1 is 0.345 bits per heavy atom. The van der Waals surface area contributed by atoms with Gasteiger partial charge in [0.05, 0.1) is 0 Å². The highest BCUT2D eigenvalue weighted by atomic mass is 32.1. The molecule has 0 saturated heterocycles. The van der Waals surface area contributed by atoms with Crippen molar-refractivity contribution in [3.05, 3.63) is 212 Å². The highest BCUT2D eigenvalue weighted by Gasteiger charge is 2.19. The molecule has 0 atom stereocenters. The van der Waals surface area contributed by atoms with Gasteiger partial charge in [0, 0.05) is 37.2 Å². The summed E-state index contributed by atoms with van der Waals surface area (Å²) >= 11 is 1.87. The van der Waals surface area contributed by atoms with Gasteiger partial charge in [0.15, 0.2) is 0 Å². The fourth-order valence-electron chi connectivity index (χ4n) is 8.04. The van der Waals surface area contributed by atoms with Gasteiger partial charge < -0.3 is 4.90 Å². The lowest BCUT2D eigenvalue weighted by Crippen LogP contribution is -2.10. The molecule has 0 aliphatic carbocycles. The molecule has 260 valence electrons. The van der Waals surface area contributed by atoms with E-state index in [1.807, 2.05) is 11.3 Å². The largest absolute Gasteiger partial charge is 0.310 e. The van der Waals surface area contributed by atoms with Gasteiger partial charge in [0.1, 0.15) is 0 Å². The van der Waals surface area contributed by atoms with Crippen LogP contribution in [0.5, 0.6) is 0 Å². The third-order valence-electron chi connectivity index (χ3n) is 10.7. The summed E-state index contributed by atoms with van der Waals surface area (Å²) < 4.78 is 2.61. The van der Waals surface area contributed by atoms with Crippen LogP contribution in [0.4, 0.5) is 17.1 Å². The Bertz CT molecular complexity index is 2910. The van der Waals surface area contributed by atoms with Crippen molar-refractivity contribution in [2.24, 2.45) is 0 Å². The summed E-state index contributed by atoms with van der Waals surface area (Å²) in [5.74, 6) is 0. The van der Waals surface area contributed by atoms with E-state index in [1.165, 1.54) is 81.0 Å². The van der Waals surface area contributed by atoms with E-state index in [2.05, 4.69) is 218 Å². The van der Waals surface area contributed by atoms with Gasteiger partial charge in [-0.15, -0.1) is 11.3 Å². The quantitative estimate of drug-likeness (QED) is 0.159. The van der Waals surface area contributed by atoms with Crippen LogP contribution < -0.4 is 4.90 Å². The fourth-order valence-corrected chi connectivity index (χ4v) is 9.25. The maximum Gasteiger partial charge on any atom is 0.0476 e. The van der Waals surface area contributed by atoms with Crippen LogP contribution in [0.1, 0.15) is 5.56 Å². The second-order valence-electron chi connectivity index (χ2n) is 14.2. The predicted molar refractivity (Wildman–Crippen MR) is 238 cm³/mol. The number of nitrogens with zero attached hydrogens (tertiary/aromatic N) is 1. The number of thiophene rings is 1. The van der Waals surface area contributed by atoms with Crippen LogP contribution >= 0.6 is 11.3 Å². The maximum absolute atomic E-state index is 2.43. The van der Waals surface area contributed by atoms with Crippen molar-refractivity contribution in [3.8, 4) is 44.5 Å². The summed E-state index contributed by atoms with van der Waals surface area (Å²) in [4.78, 5) is 2.43. The van der Waals surface area contributed by atoms with Crippen molar-refractivity contribution in [3.63, 3.8) is 0 Å². The van der Waals surface area contributed by atoms with Crippen LogP contribution in [0.3, 0.4) is 0 Å². The highest BCUT2D eigenvalue weighted by molar-refractivity contribution is 7.25. The second kappa shape index (κ2) is 13.9. The fraction of sp³-hybridized carbons (Fsp3) is 0.0189. The molecule has 9 aromatic carbocycles. The molecule has 1 aromatic heterocycles. The van der Waals surface area contributed by atoms with Crippen molar-refractivity contribution < 1.29 is 0 Å². The normalized spacial score (nSPS) is 11.4. The van der Waals surface area contributed by atoms with Crippen molar-refractivity contribution in [1.82, 2.24) is 0 Å². The zero-order chi connectivity index (χ0) is 36.7. The molecular weight excluding hydrogens is 683 g/mol. The monoisotopic (exact) mass is 719 g/mol. The van der Waals surface area contributed by atoms with Gasteiger partial charge in [-0.1, -0.05) is 146 Å². The molecule has 0 unspecified atom stereocenters. The molecule has 0 bridgehead atoms. The van der Waals surface area contributed by atoms with Gasteiger partial charge in [-0.3, -0.25) is 0 Å². The Morgan fingerprint density at radius 2 is 0.873 bits per heavy atom. The minimum absolute atomic E-state index is 1.10. The number of benzene rings is 9. The van der Waals surface area contributed by atoms with Crippen molar-refractivity contribution in [2.75, 3.05) is 4.90 Å². The van der Waals surface area contributed by atoms with Gasteiger partial charge in [0.2, 0.25) is 0 Å². The lowest BCUT2D eigenvalue weighted by Gasteiger charge is -2.27. The minimum atomic E-state index is 1.10. The molecule has 0 radical (unpaired) electrons. The number of rotatable bonds is 7. The van der Waals surface area contributed by atoms with Crippen molar-refractivity contribution in [1.29, 1.82) is 0 Å². The molecule has 1 nitrogen and oxygen atoms in total. The summed E-state index contributed by atoms with van der Waals surface area (Å²) in [7, 11) is 0. The Balaban J connectivity index is 1.17. The number of anilines is 3. The first kappa shape index (κ1) is 32.9. The van der Waals surface area contributed by atoms with E-state index in [4.69, 9.17) is 0 Å². The van der Waals surface area contributed by atoms with E-state index in [-0.39, 0.29) is 0 Å². The Labute approximate surface area is 326 Å². The van der Waals surface area contributed by atoms with Crippen molar-refractivity contribution >= 4 is 59.3 Å². The van der Waals surface area contributed by atoms with Gasteiger partial charge >= 0.3 is 0 Å². The molecular formula is C53H37NS. The zero-order valence-electron chi connectivity index (χ0n) is 30.5. The first-order chi connectivity index (χ1) is 27.2. The predicted octanol–water partition coefficient (Wildman–Crippen LogP) is 15.7. The number of fused-ring (bicyclic) bond motifs is 4. The minimum Gasteiger partial charge on any atom is -0.310 e. The average molecular weight is 720 g/mol. The van der Waals surface area contributed by atoms with Crippen LogP contribution in [-0.2, 0) is 0 Å². The second-order valence-corrected chi connectivity index (χ2v) is 15.3. The molecule has 10 aromatic rings. The van der Waals surface area contributed by atoms with Gasteiger partial charge in [-0.25, -0.2) is 0 Å². The lowest BCUT2D eigenvalue weighted by atomic mass is 9.91. The van der Waals surface area contributed by atoms with Crippen LogP contribution in [-0.4, -0.2) is 0 Å². The Hall–Kier alpha value is -6.74. The van der Waals surface area contributed by atoms with E-state index in [9.17, 15) is 0 Å².